The number of amidine groups is 1. The summed E-state index contributed by atoms with van der Waals surface area (Å²) >= 11 is 0. The molecule has 3 rings (SSSR count). The SMILES string of the molecule is CC(C)(C)OC(=O)N1CCC2(CC1)CC(=O)c1cc(C(=N)N=N)ccc1O2. The summed E-state index contributed by atoms with van der Waals surface area (Å²) in [6.07, 6.45) is 0.993. The molecule has 2 N–H and O–H groups in total. The lowest BCUT2D eigenvalue weighted by Crippen LogP contribution is -2.53. The third-order valence-electron chi connectivity index (χ3n) is 4.80. The number of nitrogens with zero attached hydrogens (tertiary/aromatic N) is 2. The Kier molecular flexibility index (Phi) is 4.75. The van der Waals surface area contributed by atoms with Gasteiger partial charge in [0, 0.05) is 31.5 Å². The normalized spacial score (nSPS) is 18.5. The summed E-state index contributed by atoms with van der Waals surface area (Å²) in [5.41, 5.74) is 6.62. The Labute approximate surface area is 157 Å². The predicted molar refractivity (Wildman–Crippen MR) is 97.8 cm³/mol. The van der Waals surface area contributed by atoms with Crippen LogP contribution in [-0.2, 0) is 4.74 Å². The van der Waals surface area contributed by atoms with Crippen molar-refractivity contribution in [3.05, 3.63) is 29.3 Å². The minimum atomic E-state index is -0.614. The lowest BCUT2D eigenvalue weighted by Gasteiger charge is -2.44. The van der Waals surface area contributed by atoms with E-state index in [4.69, 9.17) is 20.4 Å². The minimum Gasteiger partial charge on any atom is -0.486 e. The Morgan fingerprint density at radius 3 is 2.56 bits per heavy atom. The van der Waals surface area contributed by atoms with Gasteiger partial charge in [-0.05, 0) is 39.0 Å². The number of ether oxygens (including phenoxy) is 2. The van der Waals surface area contributed by atoms with Crippen molar-refractivity contribution >= 4 is 17.7 Å². The van der Waals surface area contributed by atoms with E-state index >= 15 is 0 Å². The molecule has 1 amide bonds. The highest BCUT2D eigenvalue weighted by Gasteiger charge is 2.44. The highest BCUT2D eigenvalue weighted by molar-refractivity contribution is 6.04. The number of benzene rings is 1. The van der Waals surface area contributed by atoms with E-state index in [2.05, 4.69) is 5.11 Å². The highest BCUT2D eigenvalue weighted by atomic mass is 16.6. The quantitative estimate of drug-likeness (QED) is 0.443. The number of ketones is 1. The van der Waals surface area contributed by atoms with Crippen molar-refractivity contribution in [2.24, 2.45) is 5.11 Å². The molecule has 1 aromatic rings. The molecule has 2 aliphatic heterocycles. The van der Waals surface area contributed by atoms with E-state index in [9.17, 15) is 9.59 Å². The molecule has 0 saturated carbocycles. The van der Waals surface area contributed by atoms with Crippen LogP contribution >= 0.6 is 0 Å². The zero-order chi connectivity index (χ0) is 19.8. The number of Topliss-reactive ketones (excluding diaryl/α,β-unsaturated/α-hetero) is 1. The number of amides is 1. The standard InChI is InChI=1S/C19H24N4O4/c1-18(2,3)27-17(25)23-8-6-19(7-9-23)11-14(24)13-10-12(16(20)22-21)4-5-15(13)26-19/h4-5,10,20-21H,6-9,11H2,1-3H3. The Morgan fingerprint density at radius 1 is 1.30 bits per heavy atom. The van der Waals surface area contributed by atoms with E-state index in [1.54, 1.807) is 23.1 Å². The van der Waals surface area contributed by atoms with Gasteiger partial charge in [-0.25, -0.2) is 10.3 Å². The van der Waals surface area contributed by atoms with Crippen LogP contribution in [0.1, 0.15) is 56.0 Å². The Hall–Kier alpha value is -2.77. The number of rotatable bonds is 1. The fourth-order valence-electron chi connectivity index (χ4n) is 3.41. The van der Waals surface area contributed by atoms with Gasteiger partial charge < -0.3 is 14.4 Å². The maximum Gasteiger partial charge on any atom is 0.410 e. The fourth-order valence-corrected chi connectivity index (χ4v) is 3.41. The monoisotopic (exact) mass is 372 g/mol. The first kappa shape index (κ1) is 19.0. The van der Waals surface area contributed by atoms with E-state index in [1.807, 2.05) is 20.8 Å². The van der Waals surface area contributed by atoms with Crippen molar-refractivity contribution in [1.29, 1.82) is 10.9 Å². The molecule has 2 aliphatic rings. The maximum atomic E-state index is 12.7. The van der Waals surface area contributed by atoms with Crippen LogP contribution in [0.4, 0.5) is 4.79 Å². The number of carbonyl (C=O) groups is 2. The summed E-state index contributed by atoms with van der Waals surface area (Å²) in [4.78, 5) is 26.6. The highest BCUT2D eigenvalue weighted by Crippen LogP contribution is 2.40. The summed E-state index contributed by atoms with van der Waals surface area (Å²) in [7, 11) is 0. The van der Waals surface area contributed by atoms with E-state index in [-0.39, 0.29) is 24.1 Å². The van der Waals surface area contributed by atoms with Crippen molar-refractivity contribution in [3.63, 3.8) is 0 Å². The smallest absolute Gasteiger partial charge is 0.410 e. The second-order valence-corrected chi connectivity index (χ2v) is 8.02. The largest absolute Gasteiger partial charge is 0.486 e. The van der Waals surface area contributed by atoms with Gasteiger partial charge in [0.15, 0.2) is 11.6 Å². The molecule has 144 valence electrons. The predicted octanol–water partition coefficient (Wildman–Crippen LogP) is 3.78. The van der Waals surface area contributed by atoms with Gasteiger partial charge in [-0.3, -0.25) is 10.2 Å². The van der Waals surface area contributed by atoms with Crippen molar-refractivity contribution in [3.8, 4) is 5.75 Å². The molecule has 1 fully saturated rings. The molecule has 0 unspecified atom stereocenters. The van der Waals surface area contributed by atoms with Crippen LogP contribution in [-0.4, -0.2) is 46.9 Å². The van der Waals surface area contributed by atoms with Crippen LogP contribution in [0.3, 0.4) is 0 Å². The zero-order valence-electron chi connectivity index (χ0n) is 15.8. The molecule has 27 heavy (non-hydrogen) atoms. The topological polar surface area (TPSA) is 116 Å². The van der Waals surface area contributed by atoms with Crippen molar-refractivity contribution in [2.45, 2.75) is 51.2 Å². The summed E-state index contributed by atoms with van der Waals surface area (Å²) in [5, 5.41) is 10.7. The number of carbonyl (C=O) groups excluding carboxylic acids is 2. The number of likely N-dealkylation sites (tertiary alicyclic amines) is 1. The van der Waals surface area contributed by atoms with Gasteiger partial charge in [0.1, 0.15) is 17.0 Å². The molecule has 0 atom stereocenters. The minimum absolute atomic E-state index is 0.0541. The molecular formula is C19H24N4O4. The van der Waals surface area contributed by atoms with Crippen molar-refractivity contribution in [1.82, 2.24) is 4.90 Å². The van der Waals surface area contributed by atoms with Gasteiger partial charge in [-0.1, -0.05) is 0 Å². The number of hydrogen-bond donors (Lipinski definition) is 2. The molecule has 1 aromatic carbocycles. The molecule has 2 heterocycles. The number of fused-ring (bicyclic) bond motifs is 1. The average Bonchev–Trinajstić information content (AvgIpc) is 2.60. The van der Waals surface area contributed by atoms with E-state index in [0.717, 1.165) is 0 Å². The second kappa shape index (κ2) is 6.75. The number of hydrogen-bond acceptors (Lipinski definition) is 6. The van der Waals surface area contributed by atoms with Gasteiger partial charge in [0.25, 0.3) is 0 Å². The average molecular weight is 372 g/mol. The number of nitrogens with one attached hydrogen (secondary N) is 2. The number of piperidine rings is 1. The molecule has 8 nitrogen and oxygen atoms in total. The van der Waals surface area contributed by atoms with Crippen molar-refractivity contribution < 1.29 is 19.1 Å². The third kappa shape index (κ3) is 3.99. The fraction of sp³-hybridized carbons (Fsp3) is 0.526. The maximum absolute atomic E-state index is 12.7. The first-order valence-corrected chi connectivity index (χ1v) is 8.93. The Balaban J connectivity index is 1.72. The zero-order valence-corrected chi connectivity index (χ0v) is 15.8. The summed E-state index contributed by atoms with van der Waals surface area (Å²) in [6.45, 7) is 6.43. The molecule has 0 aromatic heterocycles. The molecule has 0 radical (unpaired) electrons. The molecule has 0 bridgehead atoms. The molecule has 8 heteroatoms. The van der Waals surface area contributed by atoms with Crippen LogP contribution in [0.25, 0.3) is 0 Å². The lowest BCUT2D eigenvalue weighted by molar-refractivity contribution is -0.0226. The van der Waals surface area contributed by atoms with Crippen LogP contribution in [0.15, 0.2) is 23.3 Å². The molecular weight excluding hydrogens is 348 g/mol. The van der Waals surface area contributed by atoms with Crippen molar-refractivity contribution in [2.75, 3.05) is 13.1 Å². The van der Waals surface area contributed by atoms with Gasteiger partial charge in [-0.15, -0.1) is 5.11 Å². The molecule has 1 saturated heterocycles. The van der Waals surface area contributed by atoms with Crippen LogP contribution < -0.4 is 4.74 Å². The molecule has 1 spiro atoms. The van der Waals surface area contributed by atoms with Gasteiger partial charge in [0.2, 0.25) is 0 Å². The third-order valence-corrected chi connectivity index (χ3v) is 4.80. The van der Waals surface area contributed by atoms with E-state index in [1.165, 1.54) is 0 Å². The summed E-state index contributed by atoms with van der Waals surface area (Å²) in [5.74, 6) is 0.233. The van der Waals surface area contributed by atoms with Gasteiger partial charge in [0.05, 0.1) is 12.0 Å². The summed E-state index contributed by atoms with van der Waals surface area (Å²) < 4.78 is 11.6. The van der Waals surface area contributed by atoms with Gasteiger partial charge in [-0.2, -0.15) is 0 Å². The molecule has 0 aliphatic carbocycles. The summed E-state index contributed by atoms with van der Waals surface area (Å²) in [6, 6.07) is 4.84. The second-order valence-electron chi connectivity index (χ2n) is 8.02. The van der Waals surface area contributed by atoms with Gasteiger partial charge >= 0.3 is 6.09 Å². The van der Waals surface area contributed by atoms with E-state index in [0.29, 0.717) is 42.8 Å². The van der Waals surface area contributed by atoms with Crippen LogP contribution in [0.2, 0.25) is 0 Å². The first-order valence-electron chi connectivity index (χ1n) is 8.93. The lowest BCUT2D eigenvalue weighted by atomic mass is 9.82. The Bertz CT molecular complexity index is 804. The van der Waals surface area contributed by atoms with E-state index < -0.39 is 11.2 Å². The van der Waals surface area contributed by atoms with Crippen LogP contribution in [0, 0.1) is 10.9 Å². The first-order chi connectivity index (χ1) is 12.6. The Morgan fingerprint density at radius 2 is 1.96 bits per heavy atom. The van der Waals surface area contributed by atoms with Crippen LogP contribution in [0.5, 0.6) is 5.75 Å².